The lowest BCUT2D eigenvalue weighted by molar-refractivity contribution is -0.135. The van der Waals surface area contributed by atoms with Crippen LogP contribution in [0.4, 0.5) is 0 Å². The zero-order valence-electron chi connectivity index (χ0n) is 45.2. The number of nitrogens with one attached hydrogen (secondary N) is 8. The van der Waals surface area contributed by atoms with Crippen molar-refractivity contribution in [3.05, 3.63) is 162 Å². The van der Waals surface area contributed by atoms with E-state index < -0.39 is 95.6 Å². The molecule has 0 unspecified atom stereocenters. The van der Waals surface area contributed by atoms with Crippen molar-refractivity contribution in [1.29, 1.82) is 0 Å². The lowest BCUT2D eigenvalue weighted by atomic mass is 10.0. The molecule has 22 heteroatoms. The van der Waals surface area contributed by atoms with Crippen molar-refractivity contribution in [3.63, 3.8) is 0 Å². The monoisotopic (exact) mass is 1150 g/mol. The molecule has 3 heterocycles. The molecule has 0 saturated carbocycles. The molecular weight excluding hydrogens is 1080 g/mol. The minimum atomic E-state index is -1.36. The highest BCUT2D eigenvalue weighted by molar-refractivity contribution is 8.76. The van der Waals surface area contributed by atoms with E-state index in [1.807, 2.05) is 109 Å². The van der Waals surface area contributed by atoms with E-state index in [0.717, 1.165) is 59.6 Å². The van der Waals surface area contributed by atoms with Gasteiger partial charge in [0.05, 0.1) is 6.04 Å². The van der Waals surface area contributed by atoms with Crippen LogP contribution in [0.5, 0.6) is 0 Å². The van der Waals surface area contributed by atoms with Gasteiger partial charge in [-0.25, -0.2) is 0 Å². The fourth-order valence-corrected chi connectivity index (χ4v) is 12.0. The van der Waals surface area contributed by atoms with Gasteiger partial charge in [-0.1, -0.05) is 131 Å². The molecule has 1 aliphatic rings. The predicted molar refractivity (Wildman–Crippen MR) is 319 cm³/mol. The van der Waals surface area contributed by atoms with E-state index in [4.69, 9.17) is 17.2 Å². The number of amides is 8. The number of pyridine rings is 1. The van der Waals surface area contributed by atoms with Gasteiger partial charge in [0, 0.05) is 60.3 Å². The Morgan fingerprint density at radius 1 is 0.646 bits per heavy atom. The maximum absolute atomic E-state index is 14.9. The smallest absolute Gasteiger partial charge is 0.244 e. The van der Waals surface area contributed by atoms with E-state index in [-0.39, 0.29) is 43.6 Å². The summed E-state index contributed by atoms with van der Waals surface area (Å²) in [4.78, 5) is 122. The van der Waals surface area contributed by atoms with E-state index in [9.17, 15) is 38.4 Å². The maximum atomic E-state index is 14.9. The first-order valence-corrected chi connectivity index (χ1v) is 29.6. The number of nitrogens with zero attached hydrogens (tertiary/aromatic N) is 1. The van der Waals surface area contributed by atoms with Crippen LogP contribution in [0.15, 0.2) is 140 Å². The Morgan fingerprint density at radius 2 is 1.26 bits per heavy atom. The van der Waals surface area contributed by atoms with Crippen LogP contribution in [0.25, 0.3) is 32.4 Å². The van der Waals surface area contributed by atoms with Crippen molar-refractivity contribution in [2.75, 3.05) is 18.1 Å². The number of nitrogens with two attached hydrogens (primary N) is 3. The van der Waals surface area contributed by atoms with Gasteiger partial charge in [0.2, 0.25) is 47.3 Å². The summed E-state index contributed by atoms with van der Waals surface area (Å²) in [5.41, 5.74) is 21.8. The third kappa shape index (κ3) is 16.4. The van der Waals surface area contributed by atoms with Gasteiger partial charge in [-0.2, -0.15) is 0 Å². The summed E-state index contributed by atoms with van der Waals surface area (Å²) in [5.74, 6) is -6.35. The van der Waals surface area contributed by atoms with Crippen molar-refractivity contribution < 1.29 is 38.4 Å². The molecule has 8 amide bonds. The van der Waals surface area contributed by atoms with Crippen molar-refractivity contribution in [3.8, 4) is 0 Å². The first-order chi connectivity index (χ1) is 39.6. The van der Waals surface area contributed by atoms with Crippen molar-refractivity contribution in [2.24, 2.45) is 17.2 Å². The third-order valence-corrected chi connectivity index (χ3v) is 16.6. The summed E-state index contributed by atoms with van der Waals surface area (Å²) in [6.07, 6.45) is 5.81. The number of H-pyrrole nitrogens is 1. The number of benzene rings is 5. The highest BCUT2D eigenvalue weighted by atomic mass is 33.1. The number of para-hydroxylation sites is 1. The summed E-state index contributed by atoms with van der Waals surface area (Å²) in [6, 6.07) is 27.3. The van der Waals surface area contributed by atoms with Gasteiger partial charge in [0.15, 0.2) is 0 Å². The van der Waals surface area contributed by atoms with Gasteiger partial charge in [-0.3, -0.25) is 43.3 Å². The standard InChI is InChI=1S/C60H68N12O8S2/c1-35-54(74)71-51(59(79)68-48(53(63)73)28-37-20-22-40-13-3-5-15-42(40)26-37)33-81-82-34-52(72-55(75)45(62)27-36-19-21-39-12-2-4-14-41(39)25-36)60(80)69-49(29-38-11-10-24-64-31-38)57(77)70-50(30-43-32-65-46-17-7-6-16-44(43)46)58(78)67-47(56(76)66-35)18-8-9-23-61/h2-7,10-17,19-22,24-26,31-32,35,45,47-52,65H,8-9,18,23,27-30,33-34,61-62H2,1H3,(H2,63,73)(H,66,76)(H,67,78)(H,68,79)(H,69,80)(H,70,77)(H,71,74)(H,72,75)/t35-,45-,47-,48-,49-,50+,51-,52+/m0/s1. The van der Waals surface area contributed by atoms with Gasteiger partial charge < -0.3 is 59.4 Å². The Balaban J connectivity index is 1.11. The van der Waals surface area contributed by atoms with Gasteiger partial charge >= 0.3 is 0 Å². The molecule has 428 valence electrons. The molecule has 20 nitrogen and oxygen atoms in total. The SMILES string of the molecule is C[C@@H]1NC(=O)[C@H](CCCCN)NC(=O)[C@@H](Cc2c[nH]c3ccccc23)NC(=O)[C@H](Cc2cccnc2)NC(=O)[C@H](NC(=O)[C@@H](N)Cc2ccc3ccccc3c2)CSSC[C@@H](C(=O)N[C@@H](Cc2ccc3ccccc3c2)C(N)=O)NC1=O. The summed E-state index contributed by atoms with van der Waals surface area (Å²) in [5, 5.41) is 24.1. The topological polar surface area (TPSA) is 328 Å². The Bertz CT molecular complexity index is 3420. The fraction of sp³-hybridized carbons (Fsp3) is 0.317. The Hall–Kier alpha value is -8.31. The average molecular weight is 1150 g/mol. The van der Waals surface area contributed by atoms with Crippen LogP contribution in [-0.2, 0) is 64.0 Å². The van der Waals surface area contributed by atoms with E-state index in [1.165, 1.54) is 13.1 Å². The summed E-state index contributed by atoms with van der Waals surface area (Å²) in [6.45, 7) is 1.71. The number of hydrogen-bond donors (Lipinski definition) is 11. The average Bonchev–Trinajstić information content (AvgIpc) is 3.96. The molecule has 7 aromatic rings. The molecule has 0 bridgehead atoms. The van der Waals surface area contributed by atoms with Crippen LogP contribution in [0.1, 0.15) is 48.4 Å². The third-order valence-electron chi connectivity index (χ3n) is 14.2. The van der Waals surface area contributed by atoms with E-state index in [2.05, 4.69) is 47.2 Å². The predicted octanol–water partition coefficient (Wildman–Crippen LogP) is 2.89. The minimum absolute atomic E-state index is 0.0279. The number of fused-ring (bicyclic) bond motifs is 3. The van der Waals surface area contributed by atoms with Crippen molar-refractivity contribution in [1.82, 2.24) is 47.2 Å². The quantitative estimate of drug-likeness (QED) is 0.0462. The molecule has 8 rings (SSSR count). The van der Waals surface area contributed by atoms with Crippen LogP contribution in [0.3, 0.4) is 0 Å². The van der Waals surface area contributed by atoms with Crippen LogP contribution < -0.4 is 54.4 Å². The second-order valence-electron chi connectivity index (χ2n) is 20.4. The van der Waals surface area contributed by atoms with Gasteiger partial charge in [0.1, 0.15) is 42.3 Å². The largest absolute Gasteiger partial charge is 0.368 e. The molecular formula is C60H68N12O8S2. The second kappa shape index (κ2) is 28.9. The number of primary amides is 1. The van der Waals surface area contributed by atoms with Crippen LogP contribution in [-0.4, -0.2) is 124 Å². The Labute approximate surface area is 482 Å². The number of carbonyl (C=O) groups is 8. The molecule has 2 aromatic heterocycles. The normalized spacial score (nSPS) is 20.5. The number of aromatic amines is 1. The molecule has 1 saturated heterocycles. The zero-order valence-corrected chi connectivity index (χ0v) is 46.9. The highest BCUT2D eigenvalue weighted by Gasteiger charge is 2.35. The number of aromatic nitrogens is 2. The maximum Gasteiger partial charge on any atom is 0.244 e. The van der Waals surface area contributed by atoms with E-state index >= 15 is 0 Å². The minimum Gasteiger partial charge on any atom is -0.368 e. The van der Waals surface area contributed by atoms with E-state index in [0.29, 0.717) is 36.1 Å². The molecule has 5 aromatic carbocycles. The van der Waals surface area contributed by atoms with Crippen molar-refractivity contribution in [2.45, 2.75) is 100 Å². The fourth-order valence-electron chi connectivity index (χ4n) is 9.63. The number of unbranched alkanes of at least 4 members (excludes halogenated alkanes) is 1. The highest BCUT2D eigenvalue weighted by Crippen LogP contribution is 2.25. The van der Waals surface area contributed by atoms with Gasteiger partial charge in [0.25, 0.3) is 0 Å². The number of hydrogen-bond acceptors (Lipinski definition) is 13. The van der Waals surface area contributed by atoms with Crippen molar-refractivity contribution >= 4 is 101 Å². The van der Waals surface area contributed by atoms with Crippen LogP contribution in [0.2, 0.25) is 0 Å². The molecule has 82 heavy (non-hydrogen) atoms. The first kappa shape index (κ1) is 59.8. The molecule has 0 aliphatic carbocycles. The molecule has 0 spiro atoms. The zero-order chi connectivity index (χ0) is 58.1. The Morgan fingerprint density at radius 3 is 1.93 bits per heavy atom. The van der Waals surface area contributed by atoms with Crippen LogP contribution >= 0.6 is 21.6 Å². The number of carbonyl (C=O) groups excluding carboxylic acids is 8. The summed E-state index contributed by atoms with van der Waals surface area (Å²) >= 11 is 0. The number of rotatable bonds is 17. The molecule has 1 aliphatic heterocycles. The summed E-state index contributed by atoms with van der Waals surface area (Å²) in [7, 11) is 2.15. The molecule has 0 radical (unpaired) electrons. The van der Waals surface area contributed by atoms with Gasteiger partial charge in [-0.15, -0.1) is 0 Å². The molecule has 8 atom stereocenters. The lowest BCUT2D eigenvalue weighted by Crippen LogP contribution is -2.61. The Kier molecular flexibility index (Phi) is 21.1. The molecule has 1 fully saturated rings. The van der Waals surface area contributed by atoms with Gasteiger partial charge in [-0.05, 0) is 95.1 Å². The van der Waals surface area contributed by atoms with Crippen LogP contribution in [0, 0.1) is 0 Å². The van der Waals surface area contributed by atoms with E-state index in [1.54, 1.807) is 24.5 Å². The lowest BCUT2D eigenvalue weighted by Gasteiger charge is -2.28. The molecule has 14 N–H and O–H groups in total. The second-order valence-corrected chi connectivity index (χ2v) is 22.9. The first-order valence-electron chi connectivity index (χ1n) is 27.1. The summed E-state index contributed by atoms with van der Waals surface area (Å²) < 4.78 is 0.